The van der Waals surface area contributed by atoms with E-state index in [0.29, 0.717) is 0 Å². The summed E-state index contributed by atoms with van der Waals surface area (Å²) in [5.74, 6) is 0. The highest BCUT2D eigenvalue weighted by Gasteiger charge is 1.95. The molecule has 4 rings (SSSR count). The van der Waals surface area contributed by atoms with Crippen LogP contribution < -0.4 is 0 Å². The van der Waals surface area contributed by atoms with Crippen molar-refractivity contribution in [2.45, 2.75) is 27.7 Å². The molecule has 22 heavy (non-hydrogen) atoms. The molecule has 0 fully saturated rings. The van der Waals surface area contributed by atoms with Crippen molar-refractivity contribution in [2.75, 3.05) is 0 Å². The summed E-state index contributed by atoms with van der Waals surface area (Å²) in [6, 6.07) is 14.5. The molecule has 0 unspecified atom stereocenters. The first-order valence-corrected chi connectivity index (χ1v) is 9.04. The Morgan fingerprint density at radius 1 is 0.864 bits per heavy atom. The molecule has 0 aliphatic heterocycles. The molecule has 0 saturated carbocycles. The monoisotopic (exact) mass is 328 g/mol. The fraction of sp³-hybridized carbons (Fsp3) is 0.222. The Kier molecular flexibility index (Phi) is 6.04. The van der Waals surface area contributed by atoms with E-state index < -0.39 is 0 Å². The summed E-state index contributed by atoms with van der Waals surface area (Å²) in [7, 11) is 0. The normalized spacial score (nSPS) is 9.82. The van der Waals surface area contributed by atoms with Gasteiger partial charge in [-0.15, -0.1) is 22.7 Å². The SMILES string of the molecule is CC.Cc1ccc2ncsc2c1.Cc1nc2ccccc2s1. The summed E-state index contributed by atoms with van der Waals surface area (Å²) < 4.78 is 2.56. The van der Waals surface area contributed by atoms with Crippen molar-refractivity contribution >= 4 is 43.1 Å². The Bertz CT molecular complexity index is 813. The van der Waals surface area contributed by atoms with Gasteiger partial charge < -0.3 is 0 Å². The molecule has 0 saturated heterocycles. The van der Waals surface area contributed by atoms with Crippen LogP contribution in [-0.4, -0.2) is 9.97 Å². The lowest BCUT2D eigenvalue weighted by Gasteiger charge is -1.88. The molecular formula is C18H20N2S2. The van der Waals surface area contributed by atoms with Crippen LogP contribution in [0.4, 0.5) is 0 Å². The van der Waals surface area contributed by atoms with Crippen molar-refractivity contribution in [3.05, 3.63) is 58.5 Å². The van der Waals surface area contributed by atoms with E-state index >= 15 is 0 Å². The summed E-state index contributed by atoms with van der Waals surface area (Å²) >= 11 is 3.43. The van der Waals surface area contributed by atoms with Crippen LogP contribution in [0.3, 0.4) is 0 Å². The van der Waals surface area contributed by atoms with Gasteiger partial charge in [-0.2, -0.15) is 0 Å². The largest absolute Gasteiger partial charge is 0.245 e. The van der Waals surface area contributed by atoms with Crippen LogP contribution in [0.25, 0.3) is 20.4 Å². The van der Waals surface area contributed by atoms with E-state index in [1.165, 1.54) is 15.0 Å². The number of benzene rings is 2. The van der Waals surface area contributed by atoms with Crippen molar-refractivity contribution in [2.24, 2.45) is 0 Å². The van der Waals surface area contributed by atoms with Crippen LogP contribution >= 0.6 is 22.7 Å². The van der Waals surface area contributed by atoms with E-state index in [2.05, 4.69) is 41.2 Å². The third kappa shape index (κ3) is 4.12. The fourth-order valence-electron chi connectivity index (χ4n) is 1.95. The Hall–Kier alpha value is -1.78. The fourth-order valence-corrected chi connectivity index (χ4v) is 3.55. The minimum absolute atomic E-state index is 1.11. The smallest absolute Gasteiger partial charge is 0.0907 e. The van der Waals surface area contributed by atoms with Crippen molar-refractivity contribution in [1.29, 1.82) is 0 Å². The number of hydrogen-bond acceptors (Lipinski definition) is 4. The number of para-hydroxylation sites is 1. The summed E-state index contributed by atoms with van der Waals surface area (Å²) in [6.45, 7) is 8.13. The molecule has 0 spiro atoms. The molecule has 2 aromatic carbocycles. The summed E-state index contributed by atoms with van der Waals surface area (Å²) in [5.41, 5.74) is 5.40. The Balaban J connectivity index is 0.000000144. The number of nitrogens with zero attached hydrogens (tertiary/aromatic N) is 2. The lowest BCUT2D eigenvalue weighted by Crippen LogP contribution is -1.69. The highest BCUT2D eigenvalue weighted by molar-refractivity contribution is 7.18. The van der Waals surface area contributed by atoms with Gasteiger partial charge in [-0.3, -0.25) is 0 Å². The molecule has 0 aliphatic rings. The number of fused-ring (bicyclic) bond motifs is 2. The van der Waals surface area contributed by atoms with Gasteiger partial charge in [0.15, 0.2) is 0 Å². The highest BCUT2D eigenvalue weighted by atomic mass is 32.1. The first-order chi connectivity index (χ1) is 10.7. The summed E-state index contributed by atoms with van der Waals surface area (Å²) in [6.07, 6.45) is 0. The highest BCUT2D eigenvalue weighted by Crippen LogP contribution is 2.20. The molecule has 2 nitrogen and oxygen atoms in total. The van der Waals surface area contributed by atoms with E-state index in [4.69, 9.17) is 0 Å². The van der Waals surface area contributed by atoms with Gasteiger partial charge in [0.25, 0.3) is 0 Å². The number of rotatable bonds is 0. The molecule has 0 amide bonds. The number of hydrogen-bond donors (Lipinski definition) is 0. The molecule has 2 heterocycles. The van der Waals surface area contributed by atoms with Crippen molar-refractivity contribution in [1.82, 2.24) is 9.97 Å². The maximum absolute atomic E-state index is 4.33. The maximum atomic E-state index is 4.33. The molecule has 2 aromatic heterocycles. The molecular weight excluding hydrogens is 308 g/mol. The van der Waals surface area contributed by atoms with Crippen LogP contribution in [0, 0.1) is 13.8 Å². The molecule has 114 valence electrons. The zero-order chi connectivity index (χ0) is 15.9. The van der Waals surface area contributed by atoms with Gasteiger partial charge in [0, 0.05) is 0 Å². The van der Waals surface area contributed by atoms with Gasteiger partial charge in [-0.25, -0.2) is 9.97 Å². The van der Waals surface area contributed by atoms with Crippen LogP contribution in [0.1, 0.15) is 24.4 Å². The number of aryl methyl sites for hydroxylation is 2. The van der Waals surface area contributed by atoms with Crippen LogP contribution in [-0.2, 0) is 0 Å². The standard InChI is InChI=1S/2C8H7NS.C2H6/c1-6-2-3-7-8(4-6)10-5-9-7;1-6-9-7-4-2-3-5-8(7)10-6;1-2/h2*2-5H,1H3;1-2H3. The van der Waals surface area contributed by atoms with Gasteiger partial charge in [0.1, 0.15) is 0 Å². The number of thiazole rings is 2. The lowest BCUT2D eigenvalue weighted by atomic mass is 10.2. The molecule has 0 aliphatic carbocycles. The zero-order valence-electron chi connectivity index (χ0n) is 13.3. The Morgan fingerprint density at radius 3 is 2.41 bits per heavy atom. The van der Waals surface area contributed by atoms with E-state index in [1.807, 2.05) is 44.5 Å². The van der Waals surface area contributed by atoms with Gasteiger partial charge in [0.2, 0.25) is 0 Å². The lowest BCUT2D eigenvalue weighted by molar-refractivity contribution is 1.35. The number of aromatic nitrogens is 2. The van der Waals surface area contributed by atoms with E-state index in [9.17, 15) is 0 Å². The van der Waals surface area contributed by atoms with E-state index in [-0.39, 0.29) is 0 Å². The minimum Gasteiger partial charge on any atom is -0.245 e. The molecule has 0 N–H and O–H groups in total. The molecule has 4 heteroatoms. The summed E-state index contributed by atoms with van der Waals surface area (Å²) in [5, 5.41) is 1.14. The predicted octanol–water partition coefficient (Wildman–Crippen LogP) is 6.24. The minimum atomic E-state index is 1.11. The molecule has 4 aromatic rings. The van der Waals surface area contributed by atoms with Crippen LogP contribution in [0.2, 0.25) is 0 Å². The topological polar surface area (TPSA) is 25.8 Å². The van der Waals surface area contributed by atoms with Crippen LogP contribution in [0.15, 0.2) is 48.0 Å². The van der Waals surface area contributed by atoms with Crippen LogP contribution in [0.5, 0.6) is 0 Å². The quantitative estimate of drug-likeness (QED) is 0.382. The Labute approximate surface area is 139 Å². The second kappa shape index (κ2) is 8.01. The third-order valence-electron chi connectivity index (χ3n) is 2.89. The average molecular weight is 329 g/mol. The average Bonchev–Trinajstić information content (AvgIpc) is 3.14. The van der Waals surface area contributed by atoms with Gasteiger partial charge in [-0.05, 0) is 43.7 Å². The molecule has 0 atom stereocenters. The predicted molar refractivity (Wildman–Crippen MR) is 100 cm³/mol. The van der Waals surface area contributed by atoms with Crippen molar-refractivity contribution in [3.63, 3.8) is 0 Å². The van der Waals surface area contributed by atoms with Crippen molar-refractivity contribution in [3.8, 4) is 0 Å². The first kappa shape index (κ1) is 16.6. The molecule has 0 bridgehead atoms. The second-order valence-electron chi connectivity index (χ2n) is 4.52. The maximum Gasteiger partial charge on any atom is 0.0907 e. The van der Waals surface area contributed by atoms with Gasteiger partial charge in [-0.1, -0.05) is 32.0 Å². The van der Waals surface area contributed by atoms with Gasteiger partial charge in [0.05, 0.1) is 31.0 Å². The summed E-state index contributed by atoms with van der Waals surface area (Å²) in [4.78, 5) is 8.51. The van der Waals surface area contributed by atoms with E-state index in [1.54, 1.807) is 22.7 Å². The zero-order valence-corrected chi connectivity index (χ0v) is 15.0. The van der Waals surface area contributed by atoms with Crippen molar-refractivity contribution < 1.29 is 0 Å². The van der Waals surface area contributed by atoms with E-state index in [0.717, 1.165) is 16.0 Å². The first-order valence-electron chi connectivity index (χ1n) is 7.34. The van der Waals surface area contributed by atoms with Gasteiger partial charge >= 0.3 is 0 Å². The third-order valence-corrected chi connectivity index (χ3v) is 4.63. The second-order valence-corrected chi connectivity index (χ2v) is 6.65. The molecule has 0 radical (unpaired) electrons. The Morgan fingerprint density at radius 2 is 1.64 bits per heavy atom.